The molecule has 5 atom stereocenters. The smallest absolute Gasteiger partial charge is 0.229 e. The highest BCUT2D eigenvalue weighted by atomic mass is 32.1. The maximum Gasteiger partial charge on any atom is 0.229 e. The summed E-state index contributed by atoms with van der Waals surface area (Å²) in [5, 5.41) is 92.2. The zero-order valence-electron chi connectivity index (χ0n) is 55.6. The van der Waals surface area contributed by atoms with Gasteiger partial charge in [0.2, 0.25) is 35.7 Å². The second-order valence-corrected chi connectivity index (χ2v) is 27.3. The maximum atomic E-state index is 9.89. The molecule has 26 heteroatoms. The maximum absolute atomic E-state index is 9.89. The van der Waals surface area contributed by atoms with Crippen molar-refractivity contribution in [3.63, 3.8) is 0 Å². The third kappa shape index (κ3) is 17.3. The van der Waals surface area contributed by atoms with Crippen LogP contribution in [0.1, 0.15) is 120 Å². The van der Waals surface area contributed by atoms with E-state index in [0.717, 1.165) is 39.0 Å². The molecule has 0 aliphatic rings. The highest BCUT2D eigenvalue weighted by Gasteiger charge is 2.23. The van der Waals surface area contributed by atoms with Crippen LogP contribution in [-0.4, -0.2) is 134 Å². The van der Waals surface area contributed by atoms with Crippen molar-refractivity contribution in [2.24, 2.45) is 5.92 Å². The quantitative estimate of drug-likeness (QED) is 0.0228. The van der Waals surface area contributed by atoms with E-state index in [1.54, 1.807) is 73.8 Å². The monoisotopic (exact) mass is 1350 g/mol. The van der Waals surface area contributed by atoms with Crippen LogP contribution in [-0.2, 0) is 19.6 Å². The number of aromatic nitrogens is 12. The Morgan fingerprint density at radius 1 is 0.396 bits per heavy atom. The fourth-order valence-corrected chi connectivity index (χ4v) is 12.3. The first-order valence-electron chi connectivity index (χ1n) is 32.2. The molecule has 0 aliphatic heterocycles. The number of aliphatic hydroxyl groups is 5. The van der Waals surface area contributed by atoms with Crippen LogP contribution in [0.15, 0.2) is 143 Å². The molecule has 0 amide bonds. The van der Waals surface area contributed by atoms with Gasteiger partial charge in [0.25, 0.3) is 0 Å². The van der Waals surface area contributed by atoms with Gasteiger partial charge >= 0.3 is 0 Å². The van der Waals surface area contributed by atoms with E-state index in [2.05, 4.69) is 251 Å². The van der Waals surface area contributed by atoms with Crippen molar-refractivity contribution in [1.29, 1.82) is 0 Å². The molecule has 9 heterocycles. The number of thiophene rings is 3. The summed E-state index contributed by atoms with van der Waals surface area (Å²) in [6.07, 6.45) is 3.94. The van der Waals surface area contributed by atoms with Crippen LogP contribution in [0.3, 0.4) is 0 Å². The van der Waals surface area contributed by atoms with E-state index in [9.17, 15) is 25.5 Å². The number of benzene rings is 3. The van der Waals surface area contributed by atoms with Gasteiger partial charge in [-0.25, -0.2) is 0 Å². The van der Waals surface area contributed by atoms with Crippen LogP contribution in [0.25, 0.3) is 49.6 Å². The minimum Gasteiger partial charge on any atom is -0.394 e. The summed E-state index contributed by atoms with van der Waals surface area (Å²) in [7, 11) is 0. The number of fused-ring (bicyclic) bond motifs is 3. The molecule has 12 rings (SSSR count). The first-order valence-corrected chi connectivity index (χ1v) is 35.0. The summed E-state index contributed by atoms with van der Waals surface area (Å²) in [5.41, 5.74) is 14.6. The van der Waals surface area contributed by atoms with Crippen molar-refractivity contribution in [2.75, 3.05) is 51.7 Å². The third-order valence-electron chi connectivity index (χ3n) is 16.3. The van der Waals surface area contributed by atoms with Crippen LogP contribution in [0, 0.1) is 5.92 Å². The summed E-state index contributed by atoms with van der Waals surface area (Å²) in [6.45, 7) is 21.2. The van der Waals surface area contributed by atoms with Crippen LogP contribution in [0.2, 0.25) is 0 Å². The molecule has 0 aliphatic carbocycles. The van der Waals surface area contributed by atoms with Gasteiger partial charge in [0, 0.05) is 41.2 Å². The molecule has 0 bridgehead atoms. The largest absolute Gasteiger partial charge is 0.394 e. The molecule has 11 N–H and O–H groups in total. The Morgan fingerprint density at radius 3 is 1.02 bits per heavy atom. The fraction of sp³-hybridized carbons (Fsp3) is 0.357. The Kier molecular flexibility index (Phi) is 23.7. The van der Waals surface area contributed by atoms with Crippen LogP contribution >= 0.6 is 34.0 Å². The molecule has 9 aromatic heterocycles. The SMILES string of the molecule is CC(C)c1cnn2c(NCc3ccc(-c4cccs4)cc3)nc(N[C@H](CO)[C@@H](C)O)nc12.CC(C)c1cnn2c(NCc3ccc(-c4ccsc4)cc3)nc(N[C@@H](CO)C(C)C)nc12.CC(C)c1cnn2c(NCc3ccc(-c4ccsc4)cc3)nc(N[C@@H](CO)[C@H](C)O)nc12. The molecular weight excluding hydrogens is 1270 g/mol. The molecule has 0 saturated heterocycles. The molecule has 504 valence electrons. The zero-order chi connectivity index (χ0) is 68.0. The molecule has 0 unspecified atom stereocenters. The number of hydrogen-bond acceptors (Lipinski definition) is 23. The number of hydrogen-bond donors (Lipinski definition) is 11. The predicted molar refractivity (Wildman–Crippen MR) is 388 cm³/mol. The molecule has 0 spiro atoms. The molecule has 0 radical (unpaired) electrons. The normalized spacial score (nSPS) is 13.2. The van der Waals surface area contributed by atoms with Gasteiger partial charge in [0.1, 0.15) is 0 Å². The van der Waals surface area contributed by atoms with Gasteiger partial charge in [-0.2, -0.15) is 81.4 Å². The van der Waals surface area contributed by atoms with E-state index in [0.29, 0.717) is 66.6 Å². The second kappa shape index (κ2) is 32.6. The summed E-state index contributed by atoms with van der Waals surface area (Å²) in [4.78, 5) is 29.0. The third-order valence-corrected chi connectivity index (χ3v) is 18.6. The van der Waals surface area contributed by atoms with Gasteiger partial charge in [-0.3, -0.25) is 0 Å². The van der Waals surface area contributed by atoms with Crippen molar-refractivity contribution < 1.29 is 25.5 Å². The summed E-state index contributed by atoms with van der Waals surface area (Å²) in [5.74, 6) is 3.83. The Balaban J connectivity index is 0.000000157. The minimum atomic E-state index is -0.757. The van der Waals surface area contributed by atoms with Crippen molar-refractivity contribution in [1.82, 2.24) is 58.7 Å². The number of rotatable bonds is 27. The molecular formula is C70H86N18O5S3. The Labute approximate surface area is 570 Å². The summed E-state index contributed by atoms with van der Waals surface area (Å²) in [6, 6.07) is 32.5. The van der Waals surface area contributed by atoms with Crippen molar-refractivity contribution in [3.8, 4) is 32.7 Å². The first kappa shape index (κ1) is 69.8. The summed E-state index contributed by atoms with van der Waals surface area (Å²) >= 11 is 5.11. The average molecular weight is 1360 g/mol. The van der Waals surface area contributed by atoms with E-state index in [4.69, 9.17) is 4.98 Å². The van der Waals surface area contributed by atoms with Crippen molar-refractivity contribution >= 4 is 86.6 Å². The van der Waals surface area contributed by atoms with E-state index >= 15 is 0 Å². The predicted octanol–water partition coefficient (Wildman–Crippen LogP) is 12.5. The summed E-state index contributed by atoms with van der Waals surface area (Å²) < 4.78 is 5.14. The molecule has 12 aromatic rings. The number of nitrogens with one attached hydrogen (secondary N) is 6. The van der Waals surface area contributed by atoms with Gasteiger partial charge in [-0.1, -0.05) is 134 Å². The van der Waals surface area contributed by atoms with Crippen molar-refractivity contribution in [3.05, 3.63) is 176 Å². The Hall–Kier alpha value is -8.99. The topological polar surface area (TPSA) is 303 Å². The minimum absolute atomic E-state index is 0.0156. The highest BCUT2D eigenvalue weighted by molar-refractivity contribution is 7.13. The van der Waals surface area contributed by atoms with Gasteiger partial charge < -0.3 is 57.4 Å². The van der Waals surface area contributed by atoms with E-state index < -0.39 is 24.3 Å². The lowest BCUT2D eigenvalue weighted by atomic mass is 10.1. The zero-order valence-corrected chi connectivity index (χ0v) is 58.1. The lowest BCUT2D eigenvalue weighted by molar-refractivity contribution is 0.132. The van der Waals surface area contributed by atoms with Gasteiger partial charge in [0.05, 0.1) is 68.7 Å². The Bertz CT molecular complexity index is 3900. The van der Waals surface area contributed by atoms with E-state index in [-0.39, 0.29) is 49.5 Å². The molecule has 0 fully saturated rings. The Morgan fingerprint density at radius 2 is 0.740 bits per heavy atom. The first-order chi connectivity index (χ1) is 46.4. The number of nitrogens with zero attached hydrogens (tertiary/aromatic N) is 12. The van der Waals surface area contributed by atoms with E-state index in [1.165, 1.54) is 32.7 Å². The standard InChI is InChI=1S/C24H30N6OS.2C23H28N6O2S/c1-15(2)20-12-26-30-22(20)28-23(27-21(13-31)16(3)4)29-24(30)25-11-17-5-7-18(8-6-17)19-9-10-32-14-19;1-14(2)19-11-25-29-21(19)27-22(26-20(12-30)15(3)31)28-23(29)24-10-16-4-6-17(7-5-16)18-8-9-32-13-18;1-14(2)18-12-25-29-21(18)27-22(26-19(13-30)15(3)31)28-23(29)24-11-16-6-8-17(9-7-16)20-5-4-10-32-20/h5-10,12,14-16,21,31H,11,13H2,1-4H3,(H2,25,27,28,29);4-9,11,13-15,20,30-31H,10,12H2,1-3H3,(H2,24,26,27,28);4-10,12,14-15,19,30-31H,11,13H2,1-3H3,(H2,24,26,27,28)/t21-;15-,20-;15-,19-/m001/s1. The van der Waals surface area contributed by atoms with Crippen LogP contribution in [0.5, 0.6) is 0 Å². The lowest BCUT2D eigenvalue weighted by Crippen LogP contribution is -2.35. The van der Waals surface area contributed by atoms with Gasteiger partial charge in [-0.05, 0) is 127 Å². The van der Waals surface area contributed by atoms with Crippen LogP contribution in [0.4, 0.5) is 35.7 Å². The lowest BCUT2D eigenvalue weighted by Gasteiger charge is -2.20. The highest BCUT2D eigenvalue weighted by Crippen LogP contribution is 2.30. The van der Waals surface area contributed by atoms with Crippen molar-refractivity contribution in [2.45, 2.75) is 137 Å². The fourth-order valence-electron chi connectivity index (χ4n) is 10.3. The average Bonchev–Trinajstić information content (AvgIpc) is 1.63. The molecule has 96 heavy (non-hydrogen) atoms. The van der Waals surface area contributed by atoms with Gasteiger partial charge in [-0.15, -0.1) is 11.3 Å². The second-order valence-electron chi connectivity index (χ2n) is 24.8. The molecule has 3 aromatic carbocycles. The molecule has 23 nitrogen and oxygen atoms in total. The number of anilines is 6. The molecule has 0 saturated carbocycles. The van der Waals surface area contributed by atoms with Gasteiger partial charge in [0.15, 0.2) is 16.9 Å². The number of aliphatic hydroxyl groups excluding tert-OH is 5. The van der Waals surface area contributed by atoms with E-state index in [1.807, 2.05) is 6.20 Å². The van der Waals surface area contributed by atoms with Crippen LogP contribution < -0.4 is 31.9 Å².